The van der Waals surface area contributed by atoms with Gasteiger partial charge in [-0.25, -0.2) is 0 Å². The van der Waals surface area contributed by atoms with Crippen molar-refractivity contribution < 1.29 is 4.74 Å². The first-order valence-corrected chi connectivity index (χ1v) is 7.59. The third kappa shape index (κ3) is 3.58. The van der Waals surface area contributed by atoms with E-state index in [-0.39, 0.29) is 5.60 Å². The van der Waals surface area contributed by atoms with Crippen LogP contribution in [0, 0.1) is 6.92 Å². The van der Waals surface area contributed by atoms with Crippen molar-refractivity contribution in [1.82, 2.24) is 5.32 Å². The molecule has 0 aromatic heterocycles. The van der Waals surface area contributed by atoms with Gasteiger partial charge in [0.05, 0.1) is 11.6 Å². The molecular weight excluding hydrogens is 234 g/mol. The Morgan fingerprint density at radius 2 is 2.00 bits per heavy atom. The molecule has 0 radical (unpaired) electrons. The molecule has 1 fully saturated rings. The fraction of sp³-hybridized carbons (Fsp3) is 0.647. The first kappa shape index (κ1) is 14.5. The van der Waals surface area contributed by atoms with Crippen molar-refractivity contribution in [1.29, 1.82) is 0 Å². The van der Waals surface area contributed by atoms with Crippen LogP contribution in [-0.4, -0.2) is 18.8 Å². The van der Waals surface area contributed by atoms with Crippen molar-refractivity contribution in [3.8, 4) is 0 Å². The van der Waals surface area contributed by atoms with Crippen LogP contribution in [0.4, 0.5) is 0 Å². The standard InChI is InChI=1S/C17H27NO/c1-4-12-18-16(15-9-7-14(2)8-10-15)17(3)11-5-6-13-19-17/h7-10,16,18H,4-6,11-13H2,1-3H3. The lowest BCUT2D eigenvalue weighted by atomic mass is 9.84. The monoisotopic (exact) mass is 261 g/mol. The second kappa shape index (κ2) is 6.53. The average Bonchev–Trinajstić information content (AvgIpc) is 2.42. The molecule has 0 amide bonds. The second-order valence-electron chi connectivity index (χ2n) is 5.92. The maximum absolute atomic E-state index is 6.15. The summed E-state index contributed by atoms with van der Waals surface area (Å²) >= 11 is 0. The summed E-state index contributed by atoms with van der Waals surface area (Å²) in [5, 5.41) is 3.69. The van der Waals surface area contributed by atoms with Crippen molar-refractivity contribution in [2.75, 3.05) is 13.2 Å². The van der Waals surface area contributed by atoms with Crippen LogP contribution in [0.25, 0.3) is 0 Å². The molecule has 1 N–H and O–H groups in total. The molecule has 2 heteroatoms. The van der Waals surface area contributed by atoms with Crippen LogP contribution in [0.15, 0.2) is 24.3 Å². The number of ether oxygens (including phenoxy) is 1. The fourth-order valence-electron chi connectivity index (χ4n) is 2.92. The van der Waals surface area contributed by atoms with E-state index in [1.54, 1.807) is 0 Å². The van der Waals surface area contributed by atoms with Gasteiger partial charge in [-0.05, 0) is 51.6 Å². The van der Waals surface area contributed by atoms with Gasteiger partial charge in [0.15, 0.2) is 0 Å². The van der Waals surface area contributed by atoms with E-state index in [0.29, 0.717) is 6.04 Å². The largest absolute Gasteiger partial charge is 0.373 e. The summed E-state index contributed by atoms with van der Waals surface area (Å²) in [7, 11) is 0. The average molecular weight is 261 g/mol. The van der Waals surface area contributed by atoms with Crippen LogP contribution in [0.2, 0.25) is 0 Å². The molecule has 0 spiro atoms. The van der Waals surface area contributed by atoms with Crippen molar-refractivity contribution in [2.45, 2.75) is 58.1 Å². The molecular formula is C17H27NO. The van der Waals surface area contributed by atoms with Crippen molar-refractivity contribution in [2.24, 2.45) is 0 Å². The van der Waals surface area contributed by atoms with Gasteiger partial charge < -0.3 is 10.1 Å². The molecule has 19 heavy (non-hydrogen) atoms. The minimum atomic E-state index is -0.0668. The Labute approximate surface area is 117 Å². The Bertz CT molecular complexity index is 379. The molecule has 1 aromatic carbocycles. The lowest BCUT2D eigenvalue weighted by Gasteiger charge is -2.41. The highest BCUT2D eigenvalue weighted by Crippen LogP contribution is 2.36. The Kier molecular flexibility index (Phi) is 5.00. The van der Waals surface area contributed by atoms with E-state index < -0.39 is 0 Å². The van der Waals surface area contributed by atoms with E-state index in [1.807, 2.05) is 0 Å². The van der Waals surface area contributed by atoms with Gasteiger partial charge in [0.1, 0.15) is 0 Å². The first-order chi connectivity index (χ1) is 9.15. The van der Waals surface area contributed by atoms with E-state index in [4.69, 9.17) is 4.74 Å². The van der Waals surface area contributed by atoms with Crippen LogP contribution in [-0.2, 0) is 4.74 Å². The van der Waals surface area contributed by atoms with Crippen molar-refractivity contribution in [3.05, 3.63) is 35.4 Å². The van der Waals surface area contributed by atoms with E-state index in [9.17, 15) is 0 Å². The van der Waals surface area contributed by atoms with Gasteiger partial charge in [-0.15, -0.1) is 0 Å². The Morgan fingerprint density at radius 3 is 2.58 bits per heavy atom. The van der Waals surface area contributed by atoms with Crippen LogP contribution < -0.4 is 5.32 Å². The molecule has 1 aromatic rings. The minimum absolute atomic E-state index is 0.0668. The third-order valence-electron chi connectivity index (χ3n) is 4.12. The summed E-state index contributed by atoms with van der Waals surface area (Å²) in [4.78, 5) is 0. The third-order valence-corrected chi connectivity index (χ3v) is 4.12. The molecule has 1 heterocycles. The van der Waals surface area contributed by atoms with Gasteiger partial charge in [-0.2, -0.15) is 0 Å². The van der Waals surface area contributed by atoms with Crippen molar-refractivity contribution >= 4 is 0 Å². The highest BCUT2D eigenvalue weighted by molar-refractivity contribution is 5.26. The number of benzene rings is 1. The number of hydrogen-bond donors (Lipinski definition) is 1. The Morgan fingerprint density at radius 1 is 1.26 bits per heavy atom. The molecule has 2 atom stereocenters. The van der Waals surface area contributed by atoms with Gasteiger partial charge in [0.2, 0.25) is 0 Å². The molecule has 106 valence electrons. The molecule has 2 rings (SSSR count). The predicted molar refractivity (Wildman–Crippen MR) is 80.4 cm³/mol. The summed E-state index contributed by atoms with van der Waals surface area (Å²) in [5.74, 6) is 0. The number of rotatable bonds is 5. The van der Waals surface area contributed by atoms with Gasteiger partial charge in [-0.1, -0.05) is 36.8 Å². The van der Waals surface area contributed by atoms with Gasteiger partial charge >= 0.3 is 0 Å². The number of nitrogens with one attached hydrogen (secondary N) is 1. The maximum Gasteiger partial charge on any atom is 0.0848 e. The molecule has 0 aliphatic carbocycles. The SMILES string of the molecule is CCCNC(c1ccc(C)cc1)C1(C)CCCCO1. The molecule has 1 aliphatic rings. The van der Waals surface area contributed by atoms with Crippen LogP contribution >= 0.6 is 0 Å². The zero-order valence-corrected chi connectivity index (χ0v) is 12.5. The predicted octanol–water partition coefficient (Wildman–Crippen LogP) is 3.99. The highest BCUT2D eigenvalue weighted by Gasteiger charge is 2.37. The normalized spacial score (nSPS) is 25.2. The lowest BCUT2D eigenvalue weighted by Crippen LogP contribution is -2.46. The summed E-state index contributed by atoms with van der Waals surface area (Å²) in [6.07, 6.45) is 4.76. The molecule has 1 aliphatic heterocycles. The van der Waals surface area contributed by atoms with E-state index in [1.165, 1.54) is 24.0 Å². The molecule has 2 unspecified atom stereocenters. The van der Waals surface area contributed by atoms with Gasteiger partial charge in [0.25, 0.3) is 0 Å². The van der Waals surface area contributed by atoms with E-state index >= 15 is 0 Å². The molecule has 0 saturated carbocycles. The van der Waals surface area contributed by atoms with Crippen molar-refractivity contribution in [3.63, 3.8) is 0 Å². The first-order valence-electron chi connectivity index (χ1n) is 7.59. The van der Waals surface area contributed by atoms with E-state index in [2.05, 4.69) is 50.4 Å². The maximum atomic E-state index is 6.15. The topological polar surface area (TPSA) is 21.3 Å². The second-order valence-corrected chi connectivity index (χ2v) is 5.92. The smallest absolute Gasteiger partial charge is 0.0848 e. The zero-order chi connectivity index (χ0) is 13.7. The number of aryl methyl sites for hydroxylation is 1. The van der Waals surface area contributed by atoms with Gasteiger partial charge in [-0.3, -0.25) is 0 Å². The zero-order valence-electron chi connectivity index (χ0n) is 12.5. The Hall–Kier alpha value is -0.860. The fourth-order valence-corrected chi connectivity index (χ4v) is 2.92. The van der Waals surface area contributed by atoms with Crippen LogP contribution in [0.5, 0.6) is 0 Å². The highest BCUT2D eigenvalue weighted by atomic mass is 16.5. The Balaban J connectivity index is 2.21. The summed E-state index contributed by atoms with van der Waals surface area (Å²) < 4.78 is 6.15. The molecule has 2 nitrogen and oxygen atoms in total. The van der Waals surface area contributed by atoms with E-state index in [0.717, 1.165) is 26.0 Å². The lowest BCUT2D eigenvalue weighted by molar-refractivity contribution is -0.0897. The van der Waals surface area contributed by atoms with Gasteiger partial charge in [0, 0.05) is 6.61 Å². The summed E-state index contributed by atoms with van der Waals surface area (Å²) in [5.41, 5.74) is 2.60. The quantitative estimate of drug-likeness (QED) is 0.865. The summed E-state index contributed by atoms with van der Waals surface area (Å²) in [6, 6.07) is 9.18. The van der Waals surface area contributed by atoms with Crippen LogP contribution in [0.3, 0.4) is 0 Å². The summed E-state index contributed by atoms with van der Waals surface area (Å²) in [6.45, 7) is 8.55. The number of hydrogen-bond acceptors (Lipinski definition) is 2. The molecule has 0 bridgehead atoms. The minimum Gasteiger partial charge on any atom is -0.373 e. The van der Waals surface area contributed by atoms with Crippen LogP contribution in [0.1, 0.15) is 56.7 Å². The molecule has 1 saturated heterocycles.